The summed E-state index contributed by atoms with van der Waals surface area (Å²) in [6.07, 6.45) is 0. The van der Waals surface area contributed by atoms with Crippen molar-refractivity contribution in [1.82, 2.24) is 5.32 Å². The molecule has 1 aromatic rings. The van der Waals surface area contributed by atoms with Crippen molar-refractivity contribution >= 4 is 27.8 Å². The van der Waals surface area contributed by atoms with Gasteiger partial charge in [-0.15, -0.1) is 0 Å². The fourth-order valence-electron chi connectivity index (χ4n) is 1.30. The molecule has 1 N–H and O–H groups in total. The summed E-state index contributed by atoms with van der Waals surface area (Å²) in [5.74, 6) is -0.468. The van der Waals surface area contributed by atoms with Crippen molar-refractivity contribution in [2.24, 2.45) is 5.92 Å². The van der Waals surface area contributed by atoms with E-state index in [4.69, 9.17) is 4.74 Å². The molecule has 1 amide bonds. The van der Waals surface area contributed by atoms with E-state index in [0.29, 0.717) is 16.0 Å². The van der Waals surface area contributed by atoms with Crippen molar-refractivity contribution in [2.75, 3.05) is 6.61 Å². The predicted molar refractivity (Wildman–Crippen MR) is 76.9 cm³/mol. The van der Waals surface area contributed by atoms with E-state index in [0.717, 1.165) is 0 Å². The first-order valence-electron chi connectivity index (χ1n) is 6.12. The van der Waals surface area contributed by atoms with Gasteiger partial charge in [0.05, 0.1) is 5.56 Å². The second-order valence-electron chi connectivity index (χ2n) is 4.66. The molecule has 0 saturated carbocycles. The fourth-order valence-corrected chi connectivity index (χ4v) is 1.74. The lowest BCUT2D eigenvalue weighted by Crippen LogP contribution is -2.38. The fraction of sp³-hybridized carbons (Fsp3) is 0.429. The average Bonchev–Trinajstić information content (AvgIpc) is 2.36. The van der Waals surface area contributed by atoms with Crippen molar-refractivity contribution in [3.63, 3.8) is 0 Å². The number of carbonyl (C=O) groups is 2. The van der Waals surface area contributed by atoms with Gasteiger partial charge >= 0.3 is 5.97 Å². The summed E-state index contributed by atoms with van der Waals surface area (Å²) < 4.78 is 5.62. The van der Waals surface area contributed by atoms with Crippen LogP contribution in [0.25, 0.3) is 0 Å². The smallest absolute Gasteiger partial charge is 0.339 e. The van der Waals surface area contributed by atoms with Gasteiger partial charge in [0, 0.05) is 10.5 Å². The zero-order valence-corrected chi connectivity index (χ0v) is 12.9. The van der Waals surface area contributed by atoms with Crippen LogP contribution in [0.3, 0.4) is 0 Å². The minimum Gasteiger partial charge on any atom is -0.452 e. The summed E-state index contributed by atoms with van der Waals surface area (Å²) in [6.45, 7) is 5.67. The van der Waals surface area contributed by atoms with Crippen molar-refractivity contribution in [3.05, 3.63) is 34.3 Å². The van der Waals surface area contributed by atoms with Gasteiger partial charge in [0.2, 0.25) is 0 Å². The van der Waals surface area contributed by atoms with E-state index >= 15 is 0 Å². The van der Waals surface area contributed by atoms with Gasteiger partial charge in [-0.05, 0) is 40.9 Å². The van der Waals surface area contributed by atoms with Gasteiger partial charge < -0.3 is 10.1 Å². The van der Waals surface area contributed by atoms with Gasteiger partial charge in [0.15, 0.2) is 6.61 Å². The summed E-state index contributed by atoms with van der Waals surface area (Å²) in [6, 6.07) is 6.98. The molecule has 1 atom stereocenters. The lowest BCUT2D eigenvalue weighted by atomic mass is 10.1. The number of benzene rings is 1. The standard InChI is InChI=1S/C14H18BrNO3/c1-9(2)10(3)16-13(17)8-19-14(18)11-6-4-5-7-12(11)15/h4-7,9-10H,8H2,1-3H3,(H,16,17)/t10-/m1/s1. The van der Waals surface area contributed by atoms with E-state index in [-0.39, 0.29) is 18.6 Å². The van der Waals surface area contributed by atoms with Gasteiger partial charge in [-0.1, -0.05) is 26.0 Å². The van der Waals surface area contributed by atoms with Crippen molar-refractivity contribution < 1.29 is 14.3 Å². The van der Waals surface area contributed by atoms with E-state index in [1.165, 1.54) is 0 Å². The van der Waals surface area contributed by atoms with Crippen molar-refractivity contribution in [3.8, 4) is 0 Å². The Kier molecular flexibility index (Phi) is 6.02. The van der Waals surface area contributed by atoms with Crippen molar-refractivity contribution in [1.29, 1.82) is 0 Å². The van der Waals surface area contributed by atoms with Crippen LogP contribution in [-0.2, 0) is 9.53 Å². The largest absolute Gasteiger partial charge is 0.452 e. The number of esters is 1. The Hall–Kier alpha value is -1.36. The number of hydrogen-bond donors (Lipinski definition) is 1. The summed E-state index contributed by atoms with van der Waals surface area (Å²) >= 11 is 3.26. The van der Waals surface area contributed by atoms with Crippen LogP contribution in [0.4, 0.5) is 0 Å². The number of nitrogens with one attached hydrogen (secondary N) is 1. The van der Waals surface area contributed by atoms with Gasteiger partial charge in [0.1, 0.15) is 0 Å². The van der Waals surface area contributed by atoms with E-state index in [9.17, 15) is 9.59 Å². The third-order valence-electron chi connectivity index (χ3n) is 2.82. The van der Waals surface area contributed by atoms with Gasteiger partial charge in [0.25, 0.3) is 5.91 Å². The maximum atomic E-state index is 11.8. The highest BCUT2D eigenvalue weighted by Gasteiger charge is 2.15. The Labute approximate surface area is 121 Å². The lowest BCUT2D eigenvalue weighted by molar-refractivity contribution is -0.125. The zero-order chi connectivity index (χ0) is 14.4. The van der Waals surface area contributed by atoms with Gasteiger partial charge in [-0.2, -0.15) is 0 Å². The molecule has 19 heavy (non-hydrogen) atoms. The Bertz CT molecular complexity index is 460. The van der Waals surface area contributed by atoms with E-state index in [1.807, 2.05) is 20.8 Å². The molecule has 5 heteroatoms. The Morgan fingerprint density at radius 3 is 2.47 bits per heavy atom. The second kappa shape index (κ2) is 7.28. The number of hydrogen-bond acceptors (Lipinski definition) is 3. The summed E-state index contributed by atoms with van der Waals surface area (Å²) in [5.41, 5.74) is 0.409. The highest BCUT2D eigenvalue weighted by atomic mass is 79.9. The van der Waals surface area contributed by atoms with E-state index in [1.54, 1.807) is 24.3 Å². The highest BCUT2D eigenvalue weighted by Crippen LogP contribution is 2.16. The van der Waals surface area contributed by atoms with Crippen LogP contribution in [0.2, 0.25) is 0 Å². The quantitative estimate of drug-likeness (QED) is 0.846. The Balaban J connectivity index is 2.47. The molecule has 0 aliphatic rings. The number of carbonyl (C=O) groups excluding carboxylic acids is 2. The van der Waals surface area contributed by atoms with Crippen molar-refractivity contribution in [2.45, 2.75) is 26.8 Å². The molecular weight excluding hydrogens is 310 g/mol. The van der Waals surface area contributed by atoms with Crippen LogP contribution in [0.1, 0.15) is 31.1 Å². The summed E-state index contributed by atoms with van der Waals surface area (Å²) in [4.78, 5) is 23.3. The number of amides is 1. The minimum absolute atomic E-state index is 0.0506. The monoisotopic (exact) mass is 327 g/mol. The molecule has 1 aromatic carbocycles. The summed E-state index contributed by atoms with van der Waals surface area (Å²) in [5, 5.41) is 2.77. The SMILES string of the molecule is CC(C)[C@@H](C)NC(=O)COC(=O)c1ccccc1Br. The molecule has 0 aromatic heterocycles. The van der Waals surface area contributed by atoms with E-state index in [2.05, 4.69) is 21.2 Å². The molecule has 0 radical (unpaired) electrons. The molecule has 0 aliphatic heterocycles. The number of ether oxygens (including phenoxy) is 1. The first kappa shape index (κ1) is 15.7. The van der Waals surface area contributed by atoms with Crippen LogP contribution < -0.4 is 5.32 Å². The lowest BCUT2D eigenvalue weighted by Gasteiger charge is -2.17. The van der Waals surface area contributed by atoms with Crippen LogP contribution in [0.5, 0.6) is 0 Å². The number of rotatable bonds is 5. The topological polar surface area (TPSA) is 55.4 Å². The Morgan fingerprint density at radius 1 is 1.26 bits per heavy atom. The molecule has 104 valence electrons. The van der Waals surface area contributed by atoms with Gasteiger partial charge in [-0.3, -0.25) is 4.79 Å². The first-order chi connectivity index (χ1) is 8.91. The highest BCUT2D eigenvalue weighted by molar-refractivity contribution is 9.10. The minimum atomic E-state index is -0.514. The molecule has 0 unspecified atom stereocenters. The molecule has 0 saturated heterocycles. The first-order valence-corrected chi connectivity index (χ1v) is 6.92. The van der Waals surface area contributed by atoms with Crippen LogP contribution in [0.15, 0.2) is 28.7 Å². The third kappa shape index (κ3) is 5.03. The molecule has 0 fully saturated rings. The molecule has 1 rings (SSSR count). The molecule has 0 spiro atoms. The van der Waals surface area contributed by atoms with E-state index < -0.39 is 5.97 Å². The second-order valence-corrected chi connectivity index (χ2v) is 5.51. The number of halogens is 1. The van der Waals surface area contributed by atoms with Crippen LogP contribution >= 0.6 is 15.9 Å². The predicted octanol–water partition coefficient (Wildman–Crippen LogP) is 2.77. The molecule has 0 heterocycles. The normalized spacial score (nSPS) is 12.1. The third-order valence-corrected chi connectivity index (χ3v) is 3.51. The maximum Gasteiger partial charge on any atom is 0.339 e. The molecule has 4 nitrogen and oxygen atoms in total. The zero-order valence-electron chi connectivity index (χ0n) is 11.3. The van der Waals surface area contributed by atoms with Gasteiger partial charge in [-0.25, -0.2) is 4.79 Å². The molecular formula is C14H18BrNO3. The molecule has 0 aliphatic carbocycles. The molecule has 0 bridgehead atoms. The average molecular weight is 328 g/mol. The Morgan fingerprint density at radius 2 is 1.89 bits per heavy atom. The summed E-state index contributed by atoms with van der Waals surface area (Å²) in [7, 11) is 0. The maximum absolute atomic E-state index is 11.8. The van der Waals surface area contributed by atoms with Crippen LogP contribution in [-0.4, -0.2) is 24.5 Å². The van der Waals surface area contributed by atoms with Crippen LogP contribution in [0, 0.1) is 5.92 Å².